The number of hydrogen-bond donors (Lipinski definition) is 2. The third-order valence-corrected chi connectivity index (χ3v) is 9.66. The van der Waals surface area contributed by atoms with Gasteiger partial charge in [-0.25, -0.2) is 0 Å². The van der Waals surface area contributed by atoms with E-state index < -0.39 is 16.5 Å². The molecule has 0 radical (unpaired) electrons. The second-order valence-electron chi connectivity index (χ2n) is 10.1. The lowest BCUT2D eigenvalue weighted by Crippen LogP contribution is -2.90. The molecule has 0 aromatic heterocycles. The van der Waals surface area contributed by atoms with Crippen LogP contribution in [0.15, 0.2) is 30.4 Å². The molecule has 1 aromatic carbocycles. The number of para-hydroxylation sites is 1. The van der Waals surface area contributed by atoms with Gasteiger partial charge in [-0.2, -0.15) is 0 Å². The average Bonchev–Trinajstić information content (AvgIpc) is 3.21. The lowest BCUT2D eigenvalue weighted by atomic mass is 9.39. The molecule has 9 bridgehead atoms. The third kappa shape index (κ3) is 1.12. The summed E-state index contributed by atoms with van der Waals surface area (Å²) in [7, 11) is 1.69. The smallest absolute Gasteiger partial charge is 0.217 e. The minimum atomic E-state index is -1.06. The first-order chi connectivity index (χ1) is 14.5. The van der Waals surface area contributed by atoms with E-state index in [0.717, 1.165) is 36.4 Å². The number of rotatable bonds is 2. The Morgan fingerprint density at radius 2 is 2.23 bits per heavy atom. The van der Waals surface area contributed by atoms with E-state index >= 15 is 0 Å². The molecule has 1 aromatic rings. The molecule has 2 N–H and O–H groups in total. The summed E-state index contributed by atoms with van der Waals surface area (Å²) in [4.78, 5) is 29.3. The van der Waals surface area contributed by atoms with Crippen LogP contribution in [0, 0.1) is 11.3 Å². The maximum absolute atomic E-state index is 14.3. The van der Waals surface area contributed by atoms with E-state index in [1.807, 2.05) is 12.1 Å². The Morgan fingerprint density at radius 1 is 1.37 bits per heavy atom. The van der Waals surface area contributed by atoms with Gasteiger partial charge in [0, 0.05) is 24.9 Å². The normalized spacial score (nSPS) is 53.7. The van der Waals surface area contributed by atoms with Crippen molar-refractivity contribution >= 4 is 17.4 Å². The molecular formula is C23H23N3O4. The summed E-state index contributed by atoms with van der Waals surface area (Å²) >= 11 is 0. The van der Waals surface area contributed by atoms with Gasteiger partial charge >= 0.3 is 0 Å². The molecule has 10 rings (SSSR count). The molecule has 4 saturated carbocycles. The number of carbonyl (C=O) groups excluding carboxylic acids is 2. The largest absolute Gasteiger partial charge is 0.495 e. The van der Waals surface area contributed by atoms with E-state index in [1.165, 1.54) is 6.92 Å². The van der Waals surface area contributed by atoms with Crippen molar-refractivity contribution in [1.29, 1.82) is 0 Å². The molecule has 5 heterocycles. The summed E-state index contributed by atoms with van der Waals surface area (Å²) in [6.45, 7) is 2.32. The molecule has 7 nitrogen and oxygen atoms in total. The van der Waals surface area contributed by atoms with Gasteiger partial charge < -0.3 is 20.1 Å². The zero-order valence-electron chi connectivity index (χ0n) is 16.9. The standard InChI is InChI=1S/C23H23N3O4/c1-11(27)24-23-16(28)14-17-26-10-4-7-20(19(23)30-17)8-9-21(23)22(14,18(20)26)12-5-3-6-13(29-2)15(12)25-21/h3-7,14,17-19,25H,8-10H2,1-2H3,(H,24,27)/t14-,17+,18-,19+,20?,21-,22-,23-/m0/s1. The number of ether oxygens (including phenoxy) is 2. The lowest BCUT2D eigenvalue weighted by molar-refractivity contribution is -0.272. The first-order valence-electron chi connectivity index (χ1n) is 10.9. The average molecular weight is 405 g/mol. The zero-order valence-corrected chi connectivity index (χ0v) is 16.9. The van der Waals surface area contributed by atoms with Crippen LogP contribution in [0.25, 0.3) is 0 Å². The van der Waals surface area contributed by atoms with Gasteiger partial charge in [-0.05, 0) is 24.5 Å². The highest BCUT2D eigenvalue weighted by Gasteiger charge is 2.98. The first kappa shape index (κ1) is 16.3. The quantitative estimate of drug-likeness (QED) is 0.713. The maximum atomic E-state index is 14.3. The number of benzene rings is 1. The van der Waals surface area contributed by atoms with E-state index in [-0.39, 0.29) is 41.4 Å². The number of nitrogens with zero attached hydrogens (tertiary/aromatic N) is 1. The van der Waals surface area contributed by atoms with Gasteiger partial charge in [-0.3, -0.25) is 14.5 Å². The van der Waals surface area contributed by atoms with E-state index in [9.17, 15) is 9.59 Å². The third-order valence-electron chi connectivity index (χ3n) is 9.66. The SMILES string of the molecule is COc1cccc2c1N[C@]13CCC45C=CCN6[C@@H]7O[C@H]4[C@@]1(NC(C)=O)C(=O)[C@@H]7[C@]23[C@@H]65. The maximum Gasteiger partial charge on any atom is 0.217 e. The predicted octanol–water partition coefficient (Wildman–Crippen LogP) is 0.944. The molecule has 3 spiro atoms. The summed E-state index contributed by atoms with van der Waals surface area (Å²) in [5, 5.41) is 7.04. The van der Waals surface area contributed by atoms with E-state index in [1.54, 1.807) is 7.11 Å². The van der Waals surface area contributed by atoms with Crippen LogP contribution in [0.3, 0.4) is 0 Å². The molecule has 2 unspecified atom stereocenters. The van der Waals surface area contributed by atoms with Crippen molar-refractivity contribution in [1.82, 2.24) is 10.2 Å². The van der Waals surface area contributed by atoms with E-state index in [0.29, 0.717) is 0 Å². The number of ketones is 1. The van der Waals surface area contributed by atoms with Crippen LogP contribution >= 0.6 is 0 Å². The first-order valence-corrected chi connectivity index (χ1v) is 10.9. The number of carbonyl (C=O) groups is 2. The molecule has 7 fully saturated rings. The summed E-state index contributed by atoms with van der Waals surface area (Å²) in [6.07, 6.45) is 5.74. The van der Waals surface area contributed by atoms with Gasteiger partial charge in [-0.15, -0.1) is 0 Å². The Balaban J connectivity index is 1.56. The summed E-state index contributed by atoms with van der Waals surface area (Å²) in [5.74, 6) is 0.479. The van der Waals surface area contributed by atoms with Gasteiger partial charge in [0.1, 0.15) is 18.1 Å². The number of methoxy groups -OCH3 is 1. The Morgan fingerprint density at radius 3 is 3.03 bits per heavy atom. The van der Waals surface area contributed by atoms with Gasteiger partial charge in [0.15, 0.2) is 11.3 Å². The second-order valence-corrected chi connectivity index (χ2v) is 10.1. The second kappa shape index (κ2) is 4.32. The van der Waals surface area contributed by atoms with E-state index in [2.05, 4.69) is 33.8 Å². The van der Waals surface area contributed by atoms with Crippen LogP contribution < -0.4 is 15.4 Å². The number of anilines is 1. The van der Waals surface area contributed by atoms with Crippen molar-refractivity contribution in [3.8, 4) is 5.75 Å². The van der Waals surface area contributed by atoms with Crippen molar-refractivity contribution < 1.29 is 19.1 Å². The highest BCUT2D eigenvalue weighted by Crippen LogP contribution is 2.83. The summed E-state index contributed by atoms with van der Waals surface area (Å²) in [6, 6.07) is 6.35. The summed E-state index contributed by atoms with van der Waals surface area (Å²) < 4.78 is 12.5. The van der Waals surface area contributed by atoms with Crippen molar-refractivity contribution in [3.63, 3.8) is 0 Å². The number of hydrogen-bond acceptors (Lipinski definition) is 6. The van der Waals surface area contributed by atoms with Gasteiger partial charge in [0.25, 0.3) is 0 Å². The van der Waals surface area contributed by atoms with Crippen molar-refractivity contribution in [3.05, 3.63) is 35.9 Å². The number of amides is 1. The lowest BCUT2D eigenvalue weighted by Gasteiger charge is -2.73. The van der Waals surface area contributed by atoms with Gasteiger partial charge in [0.2, 0.25) is 5.91 Å². The van der Waals surface area contributed by atoms with Crippen molar-refractivity contribution in [2.24, 2.45) is 11.3 Å². The molecular weight excluding hydrogens is 382 g/mol. The van der Waals surface area contributed by atoms with Crippen molar-refractivity contribution in [2.75, 3.05) is 19.0 Å². The van der Waals surface area contributed by atoms with Crippen LogP contribution in [0.5, 0.6) is 5.75 Å². The van der Waals surface area contributed by atoms with Crippen molar-refractivity contribution in [2.45, 2.75) is 54.6 Å². The Kier molecular flexibility index (Phi) is 2.35. The molecule has 154 valence electrons. The van der Waals surface area contributed by atoms with Crippen LogP contribution in [0.2, 0.25) is 0 Å². The Bertz CT molecular complexity index is 1130. The molecule has 9 atom stereocenters. The molecule has 3 saturated heterocycles. The van der Waals surface area contributed by atoms with Gasteiger partial charge in [-0.1, -0.05) is 24.3 Å². The monoisotopic (exact) mass is 405 g/mol. The fourth-order valence-electron chi connectivity index (χ4n) is 9.42. The van der Waals surface area contributed by atoms with Crippen LogP contribution in [0.4, 0.5) is 5.69 Å². The van der Waals surface area contributed by atoms with Crippen LogP contribution in [0.1, 0.15) is 25.3 Å². The molecule has 7 heteroatoms. The Hall–Kier alpha value is -2.38. The number of fused-ring (bicyclic) bond motifs is 2. The fourth-order valence-corrected chi connectivity index (χ4v) is 9.42. The summed E-state index contributed by atoms with van der Waals surface area (Å²) in [5.41, 5.74) is -0.222. The fraction of sp³-hybridized carbons (Fsp3) is 0.565. The van der Waals surface area contributed by atoms with Crippen LogP contribution in [-0.2, 0) is 19.7 Å². The minimum Gasteiger partial charge on any atom is -0.495 e. The van der Waals surface area contributed by atoms with Gasteiger partial charge in [0.05, 0.1) is 29.7 Å². The van der Waals surface area contributed by atoms with E-state index in [4.69, 9.17) is 9.47 Å². The molecule has 4 aliphatic carbocycles. The predicted molar refractivity (Wildman–Crippen MR) is 106 cm³/mol. The minimum absolute atomic E-state index is 0.157. The number of nitrogens with one attached hydrogen (secondary N) is 2. The molecule has 5 aliphatic heterocycles. The Labute approximate surface area is 173 Å². The highest BCUT2D eigenvalue weighted by molar-refractivity contribution is 6.07. The zero-order chi connectivity index (χ0) is 20.3. The highest BCUT2D eigenvalue weighted by atomic mass is 16.5. The number of Topliss-reactive ketones (excluding diaryl/α,β-unsaturated/α-hetero) is 1. The topological polar surface area (TPSA) is 79.9 Å². The van der Waals surface area contributed by atoms with Crippen LogP contribution in [-0.4, -0.2) is 59.7 Å². The molecule has 9 aliphatic rings. The molecule has 30 heavy (non-hydrogen) atoms. The molecule has 1 amide bonds.